The van der Waals surface area contributed by atoms with Crippen LogP contribution in [0.5, 0.6) is 0 Å². The first-order valence-electron chi connectivity index (χ1n) is 10.7. The summed E-state index contributed by atoms with van der Waals surface area (Å²) in [6.07, 6.45) is 0. The molecule has 0 bridgehead atoms. The largest absolute Gasteiger partial charge is 0.448 e. The van der Waals surface area contributed by atoms with Crippen LogP contribution in [-0.2, 0) is 10.0 Å². The summed E-state index contributed by atoms with van der Waals surface area (Å²) in [6, 6.07) is 16.6. The van der Waals surface area contributed by atoms with Gasteiger partial charge in [0.05, 0.1) is 15.1 Å². The third kappa shape index (κ3) is 4.07. The smallest absolute Gasteiger partial charge is 0.289 e. The zero-order valence-corrected chi connectivity index (χ0v) is 19.9. The number of furan rings is 1. The van der Waals surface area contributed by atoms with Gasteiger partial charge in [0.1, 0.15) is 0 Å². The van der Waals surface area contributed by atoms with Crippen molar-refractivity contribution in [3.05, 3.63) is 71.5 Å². The Morgan fingerprint density at radius 1 is 1.00 bits per heavy atom. The number of carbonyl (C=O) groups excluding carboxylic acids is 1. The van der Waals surface area contributed by atoms with E-state index in [0.29, 0.717) is 23.7 Å². The summed E-state index contributed by atoms with van der Waals surface area (Å²) in [5.74, 6) is 0.538. The van der Waals surface area contributed by atoms with Gasteiger partial charge in [-0.25, -0.2) is 13.4 Å². The van der Waals surface area contributed by atoms with Gasteiger partial charge in [-0.15, -0.1) is 11.3 Å². The number of hydrogen-bond acceptors (Lipinski definition) is 6. The topological polar surface area (TPSA) is 83.7 Å². The average molecular weight is 482 g/mol. The predicted molar refractivity (Wildman–Crippen MR) is 128 cm³/mol. The van der Waals surface area contributed by atoms with E-state index in [2.05, 4.69) is 4.98 Å². The zero-order valence-electron chi connectivity index (χ0n) is 18.3. The Bertz CT molecular complexity index is 1410. The highest BCUT2D eigenvalue weighted by molar-refractivity contribution is 7.89. The first kappa shape index (κ1) is 21.8. The number of hydrogen-bond donors (Lipinski definition) is 0. The van der Waals surface area contributed by atoms with E-state index in [9.17, 15) is 13.2 Å². The van der Waals surface area contributed by atoms with Gasteiger partial charge in [0.15, 0.2) is 16.5 Å². The summed E-state index contributed by atoms with van der Waals surface area (Å²) < 4.78 is 34.5. The van der Waals surface area contributed by atoms with Gasteiger partial charge in [-0.3, -0.25) is 4.79 Å². The summed E-state index contributed by atoms with van der Waals surface area (Å²) in [5, 5.41) is 0.722. The van der Waals surface area contributed by atoms with E-state index in [1.807, 2.05) is 37.3 Å². The molecule has 170 valence electrons. The minimum atomic E-state index is -3.60. The summed E-state index contributed by atoms with van der Waals surface area (Å²) in [4.78, 5) is 19.5. The molecule has 0 radical (unpaired) electrons. The molecule has 1 amide bonds. The molecular formula is C24H23N3O4S2. The molecular weight excluding hydrogens is 458 g/mol. The molecule has 0 aliphatic carbocycles. The van der Waals surface area contributed by atoms with Crippen LogP contribution >= 0.6 is 11.3 Å². The fourth-order valence-electron chi connectivity index (χ4n) is 4.06. The van der Waals surface area contributed by atoms with Gasteiger partial charge in [0, 0.05) is 26.2 Å². The van der Waals surface area contributed by atoms with Crippen molar-refractivity contribution in [2.45, 2.75) is 18.7 Å². The van der Waals surface area contributed by atoms with Crippen LogP contribution in [-0.4, -0.2) is 54.7 Å². The summed E-state index contributed by atoms with van der Waals surface area (Å²) in [6.45, 7) is 4.84. The molecule has 1 saturated heterocycles. The van der Waals surface area contributed by atoms with Crippen LogP contribution in [0.1, 0.15) is 21.7 Å². The maximum atomic E-state index is 13.1. The molecule has 0 spiro atoms. The van der Waals surface area contributed by atoms with Gasteiger partial charge >= 0.3 is 0 Å². The lowest BCUT2D eigenvalue weighted by Gasteiger charge is -2.33. The van der Waals surface area contributed by atoms with Gasteiger partial charge in [0.25, 0.3) is 5.91 Å². The molecule has 5 rings (SSSR count). The van der Waals surface area contributed by atoms with Gasteiger partial charge in [-0.05, 0) is 49.7 Å². The highest BCUT2D eigenvalue weighted by Gasteiger charge is 2.32. The van der Waals surface area contributed by atoms with Crippen molar-refractivity contribution in [3.63, 3.8) is 0 Å². The number of rotatable bonds is 4. The maximum absolute atomic E-state index is 13.1. The van der Waals surface area contributed by atoms with Crippen molar-refractivity contribution in [2.75, 3.05) is 26.2 Å². The Morgan fingerprint density at radius 3 is 2.48 bits per heavy atom. The van der Waals surface area contributed by atoms with Crippen LogP contribution in [0.3, 0.4) is 0 Å². The molecule has 9 heteroatoms. The van der Waals surface area contributed by atoms with Crippen LogP contribution in [0, 0.1) is 13.8 Å². The minimum absolute atomic E-state index is 0.231. The minimum Gasteiger partial charge on any atom is -0.448 e. The number of sulfonamides is 1. The molecule has 1 aliphatic heterocycles. The lowest BCUT2D eigenvalue weighted by atomic mass is 10.2. The second-order valence-corrected chi connectivity index (χ2v) is 11.1. The second kappa shape index (κ2) is 8.40. The molecule has 1 aliphatic rings. The molecule has 1 fully saturated rings. The van der Waals surface area contributed by atoms with E-state index in [0.717, 1.165) is 26.4 Å². The summed E-state index contributed by atoms with van der Waals surface area (Å²) >= 11 is 1.51. The number of carbonyl (C=O) groups is 1. The number of aryl methyl sites for hydroxylation is 2. The molecule has 0 N–H and O–H groups in total. The SMILES string of the molecule is Cc1ccc(S(=O)(=O)N2CCN(C(=O)c3ccc(-c4nc5ccccc5s4)o3)CC2)c(C)c1. The van der Waals surface area contributed by atoms with Crippen molar-refractivity contribution < 1.29 is 17.6 Å². The molecule has 0 atom stereocenters. The quantitative estimate of drug-likeness (QED) is 0.434. The number of fused-ring (bicyclic) bond motifs is 1. The highest BCUT2D eigenvalue weighted by Crippen LogP contribution is 2.31. The van der Waals surface area contributed by atoms with E-state index in [1.165, 1.54) is 15.6 Å². The van der Waals surface area contributed by atoms with Gasteiger partial charge in [-0.1, -0.05) is 29.8 Å². The van der Waals surface area contributed by atoms with Crippen LogP contribution < -0.4 is 0 Å². The van der Waals surface area contributed by atoms with Crippen molar-refractivity contribution in [2.24, 2.45) is 0 Å². The molecule has 2 aromatic carbocycles. The molecule has 0 unspecified atom stereocenters. The number of piperazine rings is 1. The van der Waals surface area contributed by atoms with Gasteiger partial charge in [0.2, 0.25) is 10.0 Å². The molecule has 0 saturated carbocycles. The van der Waals surface area contributed by atoms with E-state index in [-0.39, 0.29) is 24.8 Å². The second-order valence-electron chi connectivity index (χ2n) is 8.12. The molecule has 2 aromatic heterocycles. The first-order valence-corrected chi connectivity index (χ1v) is 12.9. The molecule has 3 heterocycles. The number of para-hydroxylation sites is 1. The predicted octanol–water partition coefficient (Wildman–Crippen LogP) is 4.32. The van der Waals surface area contributed by atoms with E-state index < -0.39 is 10.0 Å². The lowest BCUT2D eigenvalue weighted by molar-refractivity contribution is 0.0667. The number of amides is 1. The summed E-state index contributed by atoms with van der Waals surface area (Å²) in [5.41, 5.74) is 2.64. The van der Waals surface area contributed by atoms with Crippen LogP contribution in [0.4, 0.5) is 0 Å². The standard InChI is InChI=1S/C24H23N3O4S2/c1-16-7-10-22(17(2)15-16)33(29,30)27-13-11-26(12-14-27)24(28)20-9-8-19(31-20)23-25-18-5-3-4-6-21(18)32-23/h3-10,15H,11-14H2,1-2H3. The third-order valence-electron chi connectivity index (χ3n) is 5.80. The van der Waals surface area contributed by atoms with Gasteiger partial charge < -0.3 is 9.32 Å². The van der Waals surface area contributed by atoms with E-state index in [1.54, 1.807) is 36.1 Å². The highest BCUT2D eigenvalue weighted by atomic mass is 32.2. The Labute approximate surface area is 196 Å². The number of nitrogens with zero attached hydrogens (tertiary/aromatic N) is 3. The summed E-state index contributed by atoms with van der Waals surface area (Å²) in [7, 11) is -3.60. The van der Waals surface area contributed by atoms with E-state index in [4.69, 9.17) is 4.42 Å². The fourth-order valence-corrected chi connectivity index (χ4v) is 6.62. The Morgan fingerprint density at radius 2 is 1.76 bits per heavy atom. The molecule has 7 nitrogen and oxygen atoms in total. The van der Waals surface area contributed by atoms with Crippen molar-refractivity contribution in [1.82, 2.24) is 14.2 Å². The number of aromatic nitrogens is 1. The maximum Gasteiger partial charge on any atom is 0.289 e. The number of benzene rings is 2. The third-order valence-corrected chi connectivity index (χ3v) is 8.91. The monoisotopic (exact) mass is 481 g/mol. The Hall–Kier alpha value is -3.01. The normalized spacial score (nSPS) is 15.3. The Balaban J connectivity index is 1.28. The first-order chi connectivity index (χ1) is 15.8. The average Bonchev–Trinajstić information content (AvgIpc) is 3.45. The fraction of sp³-hybridized carbons (Fsp3) is 0.250. The Kier molecular flexibility index (Phi) is 5.55. The molecule has 33 heavy (non-hydrogen) atoms. The van der Waals surface area contributed by atoms with E-state index >= 15 is 0 Å². The van der Waals surface area contributed by atoms with Crippen molar-refractivity contribution in [1.29, 1.82) is 0 Å². The zero-order chi connectivity index (χ0) is 23.2. The van der Waals surface area contributed by atoms with Crippen LogP contribution in [0.2, 0.25) is 0 Å². The van der Waals surface area contributed by atoms with Crippen molar-refractivity contribution >= 4 is 37.5 Å². The number of thiazole rings is 1. The van der Waals surface area contributed by atoms with Crippen LogP contribution in [0.25, 0.3) is 21.0 Å². The van der Waals surface area contributed by atoms with Crippen molar-refractivity contribution in [3.8, 4) is 10.8 Å². The lowest BCUT2D eigenvalue weighted by Crippen LogP contribution is -2.50. The van der Waals surface area contributed by atoms with Gasteiger partial charge in [-0.2, -0.15) is 4.31 Å². The van der Waals surface area contributed by atoms with Crippen LogP contribution in [0.15, 0.2) is 63.9 Å². The molecule has 4 aromatic rings.